The molecule has 0 spiro atoms. The highest BCUT2D eigenvalue weighted by Crippen LogP contribution is 2.57. The van der Waals surface area contributed by atoms with Gasteiger partial charge in [0, 0.05) is 23.4 Å². The molecule has 0 radical (unpaired) electrons. The van der Waals surface area contributed by atoms with Crippen LogP contribution in [0.5, 0.6) is 0 Å². The summed E-state index contributed by atoms with van der Waals surface area (Å²) in [5.74, 6) is -6.65. The Labute approximate surface area is 198 Å². The van der Waals surface area contributed by atoms with E-state index in [1.54, 1.807) is 0 Å². The van der Waals surface area contributed by atoms with E-state index in [9.17, 15) is 41.7 Å². The Morgan fingerprint density at radius 1 is 1.12 bits per heavy atom. The minimum absolute atomic E-state index is 0.0350. The van der Waals surface area contributed by atoms with Crippen LogP contribution in [0.2, 0.25) is 5.02 Å². The highest BCUT2D eigenvalue weighted by molar-refractivity contribution is 7.92. The summed E-state index contributed by atoms with van der Waals surface area (Å²) < 4.78 is 66.6. The molecule has 34 heavy (non-hydrogen) atoms. The Balaban J connectivity index is 1.57. The number of benzene rings is 2. The van der Waals surface area contributed by atoms with Crippen molar-refractivity contribution in [1.82, 2.24) is 0 Å². The monoisotopic (exact) mass is 519 g/mol. The molecule has 184 valence electrons. The van der Waals surface area contributed by atoms with Crippen molar-refractivity contribution in [3.05, 3.63) is 58.4 Å². The van der Waals surface area contributed by atoms with Crippen LogP contribution in [-0.2, 0) is 9.84 Å². The van der Waals surface area contributed by atoms with Crippen molar-refractivity contribution in [2.45, 2.75) is 41.1 Å². The molecule has 0 aromatic heterocycles. The Morgan fingerprint density at radius 3 is 2.26 bits per heavy atom. The smallest absolute Gasteiger partial charge is 0.255 e. The van der Waals surface area contributed by atoms with Crippen molar-refractivity contribution >= 4 is 33.0 Å². The molecule has 12 heteroatoms. The third-order valence-electron chi connectivity index (χ3n) is 6.86. The fraction of sp³-hybridized carbons (Fsp3) is 0.409. The molecular weight excluding hydrogens is 499 g/mol. The number of hydrogen-bond acceptors (Lipinski definition) is 6. The van der Waals surface area contributed by atoms with Gasteiger partial charge in [0.15, 0.2) is 27.3 Å². The third-order valence-corrected chi connectivity index (χ3v) is 9.51. The minimum Gasteiger partial charge on any atom is -0.394 e. The van der Waals surface area contributed by atoms with Crippen molar-refractivity contribution in [2.24, 2.45) is 11.8 Å². The molecule has 3 aliphatic rings. The standard InChI is InChI=1S/C22H21ClF3NO6S/c23-15-2-1-10(21(30)27-13-7-16(24)20(26)17(25)8-13)3-18(15)34(32,33)14-5-11-4-12(6-14)22(11,31)19(29)9-28/h1-3,7-8,11-12,14,19,28-29,31H,4-6,9H2,(H,27,30). The van der Waals surface area contributed by atoms with Crippen molar-refractivity contribution in [3.8, 4) is 0 Å². The normalized spacial score (nSPS) is 27.1. The second-order valence-electron chi connectivity index (χ2n) is 8.71. The van der Waals surface area contributed by atoms with Gasteiger partial charge >= 0.3 is 0 Å². The lowest BCUT2D eigenvalue weighted by molar-refractivity contribution is -0.237. The molecule has 2 aromatic rings. The predicted molar refractivity (Wildman–Crippen MR) is 116 cm³/mol. The van der Waals surface area contributed by atoms with Crippen LogP contribution >= 0.6 is 11.6 Å². The van der Waals surface area contributed by atoms with E-state index in [1.165, 1.54) is 12.1 Å². The molecule has 3 unspecified atom stereocenters. The fourth-order valence-electron chi connectivity index (χ4n) is 5.01. The molecule has 4 N–H and O–H groups in total. The van der Waals surface area contributed by atoms with Gasteiger partial charge in [-0.2, -0.15) is 0 Å². The van der Waals surface area contributed by atoms with E-state index in [0.717, 1.165) is 6.07 Å². The van der Waals surface area contributed by atoms with Gasteiger partial charge in [0.05, 0.1) is 27.4 Å². The topological polar surface area (TPSA) is 124 Å². The van der Waals surface area contributed by atoms with Gasteiger partial charge < -0.3 is 20.6 Å². The van der Waals surface area contributed by atoms with Crippen LogP contribution in [0.25, 0.3) is 0 Å². The molecule has 0 saturated heterocycles. The van der Waals surface area contributed by atoms with Gasteiger partial charge in [-0.25, -0.2) is 21.6 Å². The second kappa shape index (κ2) is 8.80. The summed E-state index contributed by atoms with van der Waals surface area (Å²) in [5, 5.41) is 31.0. The number of nitrogens with one attached hydrogen (secondary N) is 1. The Hall–Kier alpha value is -2.18. The number of anilines is 1. The minimum atomic E-state index is -4.06. The lowest BCUT2D eigenvalue weighted by atomic mass is 9.52. The summed E-state index contributed by atoms with van der Waals surface area (Å²) in [4.78, 5) is 12.2. The lowest BCUT2D eigenvalue weighted by Crippen LogP contribution is -2.68. The number of carbonyl (C=O) groups is 1. The van der Waals surface area contributed by atoms with Crippen LogP contribution in [0, 0.1) is 29.3 Å². The van der Waals surface area contributed by atoms with Gasteiger partial charge in [-0.15, -0.1) is 0 Å². The van der Waals surface area contributed by atoms with Crippen LogP contribution in [-0.4, -0.2) is 53.2 Å². The van der Waals surface area contributed by atoms with Gasteiger partial charge in [0.25, 0.3) is 5.91 Å². The maximum absolute atomic E-state index is 13.4. The van der Waals surface area contributed by atoms with Crippen LogP contribution in [0.4, 0.5) is 18.9 Å². The van der Waals surface area contributed by atoms with E-state index < -0.39 is 68.6 Å². The summed E-state index contributed by atoms with van der Waals surface area (Å²) in [6.45, 7) is -0.647. The summed E-state index contributed by atoms with van der Waals surface area (Å²) in [5.41, 5.74) is -2.08. The third kappa shape index (κ3) is 3.99. The molecule has 2 bridgehead atoms. The maximum Gasteiger partial charge on any atom is 0.255 e. The molecule has 0 heterocycles. The number of sulfone groups is 1. The van der Waals surface area contributed by atoms with Crippen molar-refractivity contribution in [1.29, 1.82) is 0 Å². The summed E-state index contributed by atoms with van der Waals surface area (Å²) in [6, 6.07) is 4.63. The number of halogens is 4. The molecule has 3 saturated carbocycles. The van der Waals surface area contributed by atoms with E-state index in [1.807, 2.05) is 0 Å². The van der Waals surface area contributed by atoms with Crippen molar-refractivity contribution in [3.63, 3.8) is 0 Å². The number of hydrogen-bond donors (Lipinski definition) is 4. The molecule has 3 aliphatic carbocycles. The summed E-state index contributed by atoms with van der Waals surface area (Å²) in [6.07, 6.45) is -0.794. The zero-order valence-electron chi connectivity index (χ0n) is 17.5. The SMILES string of the molecule is O=C(Nc1cc(F)c(F)c(F)c1)c1ccc(Cl)c(S(=O)(=O)C2CC3CC(C2)C3(O)C(O)CO)c1. The largest absolute Gasteiger partial charge is 0.394 e. The average molecular weight is 520 g/mol. The molecule has 7 nitrogen and oxygen atoms in total. The first-order chi connectivity index (χ1) is 15.9. The molecule has 3 atom stereocenters. The van der Waals surface area contributed by atoms with E-state index in [2.05, 4.69) is 5.32 Å². The Bertz CT molecular complexity index is 1220. The van der Waals surface area contributed by atoms with Gasteiger partial charge in [0.2, 0.25) is 0 Å². The molecule has 0 aliphatic heterocycles. The summed E-state index contributed by atoms with van der Waals surface area (Å²) >= 11 is 6.13. The van der Waals surface area contributed by atoms with Crippen molar-refractivity contribution in [2.75, 3.05) is 11.9 Å². The second-order valence-corrected chi connectivity index (χ2v) is 11.3. The Morgan fingerprint density at radius 2 is 1.71 bits per heavy atom. The summed E-state index contributed by atoms with van der Waals surface area (Å²) in [7, 11) is -4.06. The average Bonchev–Trinajstić information content (AvgIpc) is 2.81. The van der Waals surface area contributed by atoms with Crippen LogP contribution in [0.15, 0.2) is 35.2 Å². The van der Waals surface area contributed by atoms with Crippen LogP contribution < -0.4 is 5.32 Å². The van der Waals surface area contributed by atoms with E-state index in [0.29, 0.717) is 18.6 Å². The van der Waals surface area contributed by atoms with Crippen molar-refractivity contribution < 1.29 is 41.7 Å². The number of rotatable bonds is 6. The van der Waals surface area contributed by atoms with Gasteiger partial charge in [-0.05, 0) is 49.3 Å². The molecule has 1 amide bonds. The van der Waals surface area contributed by atoms with E-state index >= 15 is 0 Å². The molecule has 5 rings (SSSR count). The first kappa shape index (κ1) is 24.9. The number of aliphatic hydroxyl groups is 3. The zero-order valence-corrected chi connectivity index (χ0v) is 19.1. The predicted octanol–water partition coefficient (Wildman–Crippen LogP) is 2.67. The fourth-order valence-corrected chi connectivity index (χ4v) is 7.41. The highest BCUT2D eigenvalue weighted by atomic mass is 35.5. The first-order valence-electron chi connectivity index (χ1n) is 10.4. The lowest BCUT2D eigenvalue weighted by Gasteiger charge is -2.59. The quantitative estimate of drug-likeness (QED) is 0.435. The number of fused-ring (bicyclic) bond motifs is 2. The van der Waals surface area contributed by atoms with Crippen LogP contribution in [0.1, 0.15) is 29.6 Å². The van der Waals surface area contributed by atoms with E-state index in [-0.39, 0.29) is 34.0 Å². The Kier molecular flexibility index (Phi) is 6.45. The zero-order chi connectivity index (χ0) is 25.0. The molecule has 3 fully saturated rings. The van der Waals surface area contributed by atoms with Gasteiger partial charge in [0.1, 0.15) is 6.10 Å². The highest BCUT2D eigenvalue weighted by Gasteiger charge is 2.63. The maximum atomic E-state index is 13.4. The van der Waals surface area contributed by atoms with E-state index in [4.69, 9.17) is 11.6 Å². The van der Waals surface area contributed by atoms with Gasteiger partial charge in [-0.3, -0.25) is 4.79 Å². The number of amides is 1. The van der Waals surface area contributed by atoms with Gasteiger partial charge in [-0.1, -0.05) is 11.6 Å². The first-order valence-corrected chi connectivity index (χ1v) is 12.3. The molecular formula is C22H21ClF3NO6S. The molecule has 2 aromatic carbocycles. The number of carbonyl (C=O) groups excluding carboxylic acids is 1. The van der Waals surface area contributed by atoms with Crippen LogP contribution in [0.3, 0.4) is 0 Å². The number of aliphatic hydroxyl groups excluding tert-OH is 2.